The minimum absolute atomic E-state index is 0.103. The van der Waals surface area contributed by atoms with Gasteiger partial charge in [-0.1, -0.05) is 27.2 Å². The van der Waals surface area contributed by atoms with Gasteiger partial charge in [0.2, 0.25) is 0 Å². The number of amides is 2. The molecule has 1 aliphatic carbocycles. The predicted molar refractivity (Wildman–Crippen MR) is 147 cm³/mol. The monoisotopic (exact) mass is 532 g/mol. The molecule has 3 heterocycles. The largest absolute Gasteiger partial charge is 0.453 e. The topological polar surface area (TPSA) is 132 Å². The lowest BCUT2D eigenvalue weighted by atomic mass is 10.2. The maximum atomic E-state index is 11.9. The lowest BCUT2D eigenvalue weighted by Gasteiger charge is -2.05. The van der Waals surface area contributed by atoms with Crippen molar-refractivity contribution in [3.63, 3.8) is 0 Å². The normalized spacial score (nSPS) is 15.5. The number of carbonyl (C=O) groups excluding carboxylic acids is 2. The fourth-order valence-corrected chi connectivity index (χ4v) is 4.89. The highest BCUT2D eigenvalue weighted by molar-refractivity contribution is 7.16. The molecule has 1 aliphatic rings. The molecule has 196 valence electrons. The number of rotatable bonds is 7. The first kappa shape index (κ1) is 29.2. The van der Waals surface area contributed by atoms with Crippen molar-refractivity contribution in [1.29, 1.82) is 0 Å². The first-order chi connectivity index (χ1) is 17.2. The zero-order valence-corrected chi connectivity index (χ0v) is 23.4. The molecule has 1 fully saturated rings. The molecule has 2 atom stereocenters. The number of anilines is 2. The number of aromatic nitrogens is 3. The molecular formula is C25H36N6O3S2. The van der Waals surface area contributed by atoms with E-state index < -0.39 is 6.09 Å². The molecule has 2 amide bonds. The lowest BCUT2D eigenvalue weighted by molar-refractivity contribution is 0.0953. The summed E-state index contributed by atoms with van der Waals surface area (Å²) in [4.78, 5) is 35.7. The molecule has 0 bridgehead atoms. The third kappa shape index (κ3) is 9.54. The van der Waals surface area contributed by atoms with E-state index in [2.05, 4.69) is 49.9 Å². The molecule has 9 nitrogen and oxygen atoms in total. The minimum atomic E-state index is -0.745. The predicted octanol–water partition coefficient (Wildman–Crippen LogP) is 5.93. The molecule has 11 heteroatoms. The van der Waals surface area contributed by atoms with Crippen molar-refractivity contribution in [3.8, 4) is 10.6 Å². The van der Waals surface area contributed by atoms with Gasteiger partial charge in [0.15, 0.2) is 5.13 Å². The SMILES string of the molecule is CCCNC(=O)c1ccc(Nc2nc(-c3sc(C)nc3C)cs2)nc1.CC[C@@H]1C[C@H]1C.COC(N)=O. The molecule has 0 radical (unpaired) electrons. The third-order valence-corrected chi connectivity index (χ3v) is 7.29. The fraction of sp³-hybridized carbons (Fsp3) is 0.480. The van der Waals surface area contributed by atoms with Gasteiger partial charge in [-0.05, 0) is 50.7 Å². The van der Waals surface area contributed by atoms with Crippen LogP contribution in [0.4, 0.5) is 15.7 Å². The summed E-state index contributed by atoms with van der Waals surface area (Å²) in [6.07, 6.45) is 4.63. The molecule has 0 unspecified atom stereocenters. The number of thiazole rings is 2. The third-order valence-electron chi connectivity index (χ3n) is 5.44. The number of hydrogen-bond acceptors (Lipinski definition) is 9. The molecule has 4 N–H and O–H groups in total. The van der Waals surface area contributed by atoms with Crippen LogP contribution in [0.15, 0.2) is 23.7 Å². The molecule has 0 aromatic carbocycles. The van der Waals surface area contributed by atoms with Gasteiger partial charge in [0.1, 0.15) is 5.82 Å². The van der Waals surface area contributed by atoms with Gasteiger partial charge in [-0.2, -0.15) is 0 Å². The summed E-state index contributed by atoms with van der Waals surface area (Å²) < 4.78 is 3.89. The molecule has 0 aliphatic heterocycles. The van der Waals surface area contributed by atoms with Crippen LogP contribution in [0.2, 0.25) is 0 Å². The van der Waals surface area contributed by atoms with Crippen LogP contribution in [0.5, 0.6) is 0 Å². The van der Waals surface area contributed by atoms with Crippen LogP contribution < -0.4 is 16.4 Å². The van der Waals surface area contributed by atoms with Crippen LogP contribution in [0.3, 0.4) is 0 Å². The van der Waals surface area contributed by atoms with E-state index in [-0.39, 0.29) is 5.91 Å². The number of pyridine rings is 1. The Balaban J connectivity index is 0.000000343. The van der Waals surface area contributed by atoms with Crippen LogP contribution in [0, 0.1) is 25.7 Å². The van der Waals surface area contributed by atoms with Gasteiger partial charge in [-0.25, -0.2) is 19.7 Å². The smallest absolute Gasteiger partial charge is 0.404 e. The van der Waals surface area contributed by atoms with Gasteiger partial charge in [-0.3, -0.25) is 4.79 Å². The number of methoxy groups -OCH3 is 1. The van der Waals surface area contributed by atoms with E-state index in [9.17, 15) is 9.59 Å². The maximum absolute atomic E-state index is 11.9. The van der Waals surface area contributed by atoms with E-state index in [0.717, 1.165) is 44.7 Å². The molecule has 4 rings (SSSR count). The van der Waals surface area contributed by atoms with Crippen LogP contribution in [-0.2, 0) is 4.74 Å². The van der Waals surface area contributed by atoms with Gasteiger partial charge < -0.3 is 21.1 Å². The summed E-state index contributed by atoms with van der Waals surface area (Å²) in [6, 6.07) is 3.54. The van der Waals surface area contributed by atoms with Crippen LogP contribution >= 0.6 is 22.7 Å². The summed E-state index contributed by atoms with van der Waals surface area (Å²) in [5.41, 5.74) is 6.90. The Bertz CT molecular complexity index is 1110. The van der Waals surface area contributed by atoms with Crippen molar-refractivity contribution in [2.45, 2.75) is 53.9 Å². The number of nitrogens with zero attached hydrogens (tertiary/aromatic N) is 3. The number of carbonyl (C=O) groups is 2. The Labute approximate surface area is 220 Å². The van der Waals surface area contributed by atoms with E-state index in [1.165, 1.54) is 31.3 Å². The molecule has 3 aromatic heterocycles. The quantitative estimate of drug-likeness (QED) is 0.344. The first-order valence-electron chi connectivity index (χ1n) is 11.9. The van der Waals surface area contributed by atoms with E-state index in [0.29, 0.717) is 17.9 Å². The summed E-state index contributed by atoms with van der Waals surface area (Å²) in [5.74, 6) is 2.72. The zero-order chi connectivity index (χ0) is 26.7. The van der Waals surface area contributed by atoms with Crippen molar-refractivity contribution in [3.05, 3.63) is 40.0 Å². The minimum Gasteiger partial charge on any atom is -0.453 e. The summed E-state index contributed by atoms with van der Waals surface area (Å²) in [5, 5.41) is 9.82. The molecule has 0 spiro atoms. The summed E-state index contributed by atoms with van der Waals surface area (Å²) >= 11 is 3.16. The second-order valence-electron chi connectivity index (χ2n) is 8.40. The Morgan fingerprint density at radius 3 is 2.36 bits per heavy atom. The van der Waals surface area contributed by atoms with Gasteiger partial charge >= 0.3 is 6.09 Å². The summed E-state index contributed by atoms with van der Waals surface area (Å²) in [6.45, 7) is 11.3. The lowest BCUT2D eigenvalue weighted by Crippen LogP contribution is -2.24. The summed E-state index contributed by atoms with van der Waals surface area (Å²) in [7, 11) is 1.22. The number of primary amides is 1. The van der Waals surface area contributed by atoms with E-state index in [1.54, 1.807) is 29.7 Å². The van der Waals surface area contributed by atoms with Gasteiger partial charge in [0.05, 0.1) is 33.9 Å². The number of hydrogen-bond donors (Lipinski definition) is 3. The van der Waals surface area contributed by atoms with E-state index in [4.69, 9.17) is 0 Å². The number of nitrogens with one attached hydrogen (secondary N) is 2. The van der Waals surface area contributed by atoms with Crippen molar-refractivity contribution < 1.29 is 14.3 Å². The molecule has 36 heavy (non-hydrogen) atoms. The molecular weight excluding hydrogens is 496 g/mol. The molecule has 3 aromatic rings. The highest BCUT2D eigenvalue weighted by atomic mass is 32.1. The number of ether oxygens (including phenoxy) is 1. The van der Waals surface area contributed by atoms with Crippen LogP contribution in [-0.4, -0.2) is 40.6 Å². The van der Waals surface area contributed by atoms with E-state index >= 15 is 0 Å². The fourth-order valence-electron chi connectivity index (χ4n) is 3.22. The Morgan fingerprint density at radius 2 is 1.92 bits per heavy atom. The van der Waals surface area contributed by atoms with Crippen molar-refractivity contribution in [1.82, 2.24) is 20.3 Å². The highest BCUT2D eigenvalue weighted by Crippen LogP contribution is 2.39. The van der Waals surface area contributed by atoms with E-state index in [1.807, 2.05) is 26.2 Å². The number of aryl methyl sites for hydroxylation is 2. The Morgan fingerprint density at radius 1 is 1.22 bits per heavy atom. The standard InChI is InChI=1S/C17H19N5OS2.C6H12.C2H5NO2/c1-4-7-18-16(23)12-5-6-14(19-8-12)22-17-21-13(9-24-17)15-10(2)20-11(3)25-15;1-3-6-4-5(6)2;1-5-2(3)4/h5-6,8-9H,4,7H2,1-3H3,(H,18,23)(H,19,21,22);5-6H,3-4H2,1-2H3;1H3,(H2,3,4)/t;5-,6-;/m.1./s1. The second-order valence-corrected chi connectivity index (χ2v) is 10.5. The Kier molecular flexibility index (Phi) is 11.7. The second kappa shape index (κ2) is 14.5. The number of nitrogens with two attached hydrogens (primary N) is 1. The first-order valence-corrected chi connectivity index (χ1v) is 13.6. The highest BCUT2D eigenvalue weighted by Gasteiger charge is 2.29. The Hall–Kier alpha value is -3.05. The average Bonchev–Trinajstić information content (AvgIpc) is 3.22. The van der Waals surface area contributed by atoms with Crippen molar-refractivity contribution in [2.75, 3.05) is 19.0 Å². The van der Waals surface area contributed by atoms with Crippen LogP contribution in [0.25, 0.3) is 10.6 Å². The van der Waals surface area contributed by atoms with Crippen molar-refractivity contribution in [2.24, 2.45) is 17.6 Å². The van der Waals surface area contributed by atoms with Crippen molar-refractivity contribution >= 4 is 45.6 Å². The van der Waals surface area contributed by atoms with Gasteiger partial charge in [-0.15, -0.1) is 22.7 Å². The maximum Gasteiger partial charge on any atom is 0.404 e. The molecule has 1 saturated carbocycles. The molecule has 0 saturated heterocycles. The average molecular weight is 533 g/mol. The zero-order valence-electron chi connectivity index (χ0n) is 21.8. The van der Waals surface area contributed by atoms with Gasteiger partial charge in [0, 0.05) is 18.1 Å². The van der Waals surface area contributed by atoms with Gasteiger partial charge in [0.25, 0.3) is 5.91 Å². The van der Waals surface area contributed by atoms with Crippen LogP contribution in [0.1, 0.15) is 61.1 Å².